The van der Waals surface area contributed by atoms with Crippen molar-refractivity contribution in [3.05, 3.63) is 113 Å². The molecule has 4 N–H and O–H groups in total. The van der Waals surface area contributed by atoms with Crippen molar-refractivity contribution in [2.75, 3.05) is 43.9 Å². The van der Waals surface area contributed by atoms with Gasteiger partial charge in [-0.15, -0.1) is 22.7 Å². The van der Waals surface area contributed by atoms with Gasteiger partial charge >= 0.3 is 0 Å². The molecule has 0 radical (unpaired) electrons. The molecule has 6 rings (SSSR count). The largest absolute Gasteiger partial charge is 0.495 e. The molecule has 0 aliphatic rings. The molecule has 0 bridgehead atoms. The summed E-state index contributed by atoms with van der Waals surface area (Å²) in [7, 11) is -5.80. The SMILES string of the molecule is COc1ccc(C)cc1S(=O)(=O)NCCCCCNc1nc(-c2ccncc2)cs1.Cc1ccc(S(=O)(=O)NCCCCCNc2nc(-c3ccccn3)cs2)cc1F. The lowest BCUT2D eigenvalue weighted by Gasteiger charge is -2.11. The van der Waals surface area contributed by atoms with E-state index in [9.17, 15) is 21.2 Å². The summed E-state index contributed by atoms with van der Waals surface area (Å²) in [5.74, 6) is -0.167. The number of aromatic nitrogens is 4. The average molecular weight is 881 g/mol. The number of pyridine rings is 2. The molecular formula is C41H49FN8O5S4. The highest BCUT2D eigenvalue weighted by atomic mass is 32.2. The van der Waals surface area contributed by atoms with Gasteiger partial charge in [0.05, 0.1) is 23.4 Å². The number of unbranched alkanes of at least 4 members (excludes halogenated alkanes) is 4. The molecule has 314 valence electrons. The number of thiazole rings is 2. The molecule has 0 aliphatic heterocycles. The lowest BCUT2D eigenvalue weighted by molar-refractivity contribution is 0.402. The van der Waals surface area contributed by atoms with Crippen molar-refractivity contribution in [3.63, 3.8) is 0 Å². The van der Waals surface area contributed by atoms with Crippen molar-refractivity contribution in [2.24, 2.45) is 0 Å². The van der Waals surface area contributed by atoms with E-state index < -0.39 is 25.9 Å². The van der Waals surface area contributed by atoms with Crippen molar-refractivity contribution in [1.82, 2.24) is 29.4 Å². The highest BCUT2D eigenvalue weighted by Gasteiger charge is 2.19. The van der Waals surface area contributed by atoms with Gasteiger partial charge in [0, 0.05) is 61.1 Å². The first-order valence-corrected chi connectivity index (χ1v) is 23.8. The number of ether oxygens (including phenoxy) is 1. The van der Waals surface area contributed by atoms with Crippen LogP contribution in [0, 0.1) is 19.7 Å². The normalized spacial score (nSPS) is 11.5. The first-order chi connectivity index (χ1) is 28.4. The second-order valence-electron chi connectivity index (χ2n) is 13.4. The summed E-state index contributed by atoms with van der Waals surface area (Å²) in [6, 6.07) is 18.6. The van der Waals surface area contributed by atoms with Crippen LogP contribution >= 0.6 is 22.7 Å². The molecule has 0 saturated carbocycles. The van der Waals surface area contributed by atoms with Crippen molar-refractivity contribution >= 4 is 53.0 Å². The van der Waals surface area contributed by atoms with Crippen LogP contribution < -0.4 is 24.8 Å². The van der Waals surface area contributed by atoms with Crippen molar-refractivity contribution in [3.8, 4) is 28.4 Å². The zero-order chi connectivity index (χ0) is 42.1. The fourth-order valence-corrected chi connectivity index (χ4v) is 9.44. The Morgan fingerprint density at radius 1 is 0.661 bits per heavy atom. The van der Waals surface area contributed by atoms with Crippen LogP contribution in [0.4, 0.5) is 14.7 Å². The molecule has 0 spiro atoms. The minimum absolute atomic E-state index is 0.0465. The van der Waals surface area contributed by atoms with Crippen LogP contribution in [0.5, 0.6) is 5.75 Å². The Hall–Kier alpha value is -4.85. The third-order valence-corrected chi connectivity index (χ3v) is 13.4. The molecule has 0 fully saturated rings. The molecule has 2 aromatic carbocycles. The Morgan fingerprint density at radius 2 is 1.29 bits per heavy atom. The fourth-order valence-electron chi connectivity index (χ4n) is 5.55. The number of halogens is 1. The summed E-state index contributed by atoms with van der Waals surface area (Å²) in [5, 5.41) is 12.3. The number of rotatable bonds is 21. The van der Waals surface area contributed by atoms with Crippen LogP contribution in [0.25, 0.3) is 22.6 Å². The third kappa shape index (κ3) is 14.1. The quantitative estimate of drug-likeness (QED) is 0.0512. The number of hydrogen-bond acceptors (Lipinski definition) is 13. The van der Waals surface area contributed by atoms with Crippen molar-refractivity contribution in [2.45, 2.75) is 62.2 Å². The second-order valence-corrected chi connectivity index (χ2v) is 18.6. The Balaban J connectivity index is 0.000000224. The van der Waals surface area contributed by atoms with Crippen LogP contribution in [0.15, 0.2) is 106 Å². The summed E-state index contributed by atoms with van der Waals surface area (Å²) >= 11 is 3.10. The Morgan fingerprint density at radius 3 is 1.92 bits per heavy atom. The molecular weight excluding hydrogens is 832 g/mol. The Bertz CT molecular complexity index is 2430. The van der Waals surface area contributed by atoms with Crippen molar-refractivity contribution in [1.29, 1.82) is 0 Å². The van der Waals surface area contributed by atoms with Crippen LogP contribution in [-0.4, -0.2) is 70.1 Å². The summed E-state index contributed by atoms with van der Waals surface area (Å²) in [6.45, 7) is 5.71. The lowest BCUT2D eigenvalue weighted by Crippen LogP contribution is -2.25. The van der Waals surface area contributed by atoms with E-state index in [4.69, 9.17) is 4.74 Å². The lowest BCUT2D eigenvalue weighted by atomic mass is 10.2. The van der Waals surface area contributed by atoms with E-state index in [1.807, 2.05) is 54.1 Å². The highest BCUT2D eigenvalue weighted by Crippen LogP contribution is 2.26. The van der Waals surface area contributed by atoms with Gasteiger partial charge in [-0.05, 0) is 99.2 Å². The van der Waals surface area contributed by atoms with Gasteiger partial charge in [0.1, 0.15) is 22.2 Å². The molecule has 0 amide bonds. The molecule has 4 aromatic heterocycles. The second kappa shape index (κ2) is 22.5. The predicted molar refractivity (Wildman–Crippen MR) is 235 cm³/mol. The Kier molecular flexibility index (Phi) is 17.3. The van der Waals surface area contributed by atoms with Gasteiger partial charge in [-0.25, -0.2) is 40.6 Å². The van der Waals surface area contributed by atoms with Gasteiger partial charge in [0.25, 0.3) is 0 Å². The van der Waals surface area contributed by atoms with Crippen LogP contribution in [0.1, 0.15) is 49.7 Å². The van der Waals surface area contributed by atoms with E-state index in [1.165, 1.54) is 30.6 Å². The maximum absolute atomic E-state index is 13.6. The first kappa shape index (κ1) is 45.2. The smallest absolute Gasteiger partial charge is 0.244 e. The molecule has 18 heteroatoms. The molecule has 0 saturated heterocycles. The molecule has 59 heavy (non-hydrogen) atoms. The molecule has 0 aliphatic carbocycles. The number of anilines is 2. The van der Waals surface area contributed by atoms with E-state index in [-0.39, 0.29) is 9.79 Å². The van der Waals surface area contributed by atoms with Crippen LogP contribution in [-0.2, 0) is 20.0 Å². The van der Waals surface area contributed by atoms with Gasteiger partial charge in [0.2, 0.25) is 20.0 Å². The maximum Gasteiger partial charge on any atom is 0.244 e. The van der Waals surface area contributed by atoms with Gasteiger partial charge < -0.3 is 15.4 Å². The van der Waals surface area contributed by atoms with Gasteiger partial charge in [-0.3, -0.25) is 9.97 Å². The van der Waals surface area contributed by atoms with E-state index in [0.717, 1.165) is 89.7 Å². The number of aryl methyl sites for hydroxylation is 2. The summed E-state index contributed by atoms with van der Waals surface area (Å²) in [6.07, 6.45) is 10.3. The number of hydrogen-bond donors (Lipinski definition) is 4. The number of sulfonamides is 2. The zero-order valence-corrected chi connectivity index (χ0v) is 36.4. The summed E-state index contributed by atoms with van der Waals surface area (Å²) < 4.78 is 73.4. The van der Waals surface area contributed by atoms with Gasteiger partial charge in [-0.2, -0.15) is 0 Å². The Labute approximate surface area is 354 Å². The van der Waals surface area contributed by atoms with E-state index in [1.54, 1.807) is 49.0 Å². The number of methoxy groups -OCH3 is 1. The van der Waals surface area contributed by atoms with Crippen molar-refractivity contribution < 1.29 is 26.0 Å². The predicted octanol–water partition coefficient (Wildman–Crippen LogP) is 8.30. The minimum Gasteiger partial charge on any atom is -0.495 e. The van der Waals surface area contributed by atoms with Crippen LogP contribution in [0.2, 0.25) is 0 Å². The topological polar surface area (TPSA) is 177 Å². The zero-order valence-electron chi connectivity index (χ0n) is 33.1. The monoisotopic (exact) mass is 880 g/mol. The summed E-state index contributed by atoms with van der Waals surface area (Å²) in [4.78, 5) is 17.5. The highest BCUT2D eigenvalue weighted by molar-refractivity contribution is 7.89. The minimum atomic E-state index is -3.68. The third-order valence-electron chi connectivity index (χ3n) is 8.82. The van der Waals surface area contributed by atoms with E-state index in [0.29, 0.717) is 30.8 Å². The number of benzene rings is 2. The van der Waals surface area contributed by atoms with Crippen LogP contribution in [0.3, 0.4) is 0 Å². The molecule has 4 heterocycles. The molecule has 6 aromatic rings. The van der Waals surface area contributed by atoms with E-state index in [2.05, 4.69) is 40.0 Å². The van der Waals surface area contributed by atoms with Gasteiger partial charge in [-0.1, -0.05) is 31.0 Å². The number of nitrogens with zero attached hydrogens (tertiary/aromatic N) is 4. The standard InChI is InChI=1S/C21H26N4O3S2.C20H23FN4O2S2/c1-16-6-7-19(28-2)20(14-16)30(26,27)24-11-5-3-4-10-23-21-25-18(15-29-21)17-8-12-22-13-9-17;1-15-8-9-16(13-17(15)21)29(26,27)24-12-5-2-4-11-23-20-25-19(14-28-20)18-7-3-6-10-22-18/h6-9,12-15,24H,3-5,10-11H2,1-2H3,(H,23,25);3,6-10,13-14,24H,2,4-5,11-12H2,1H3,(H,23,25). The first-order valence-electron chi connectivity index (χ1n) is 19.1. The fraction of sp³-hybridized carbons (Fsp3) is 0.317. The molecule has 0 unspecified atom stereocenters. The summed E-state index contributed by atoms with van der Waals surface area (Å²) in [5.41, 5.74) is 4.97. The van der Waals surface area contributed by atoms with Gasteiger partial charge in [0.15, 0.2) is 10.3 Å². The molecule has 0 atom stereocenters. The average Bonchev–Trinajstić information content (AvgIpc) is 3.92. The molecule has 13 nitrogen and oxygen atoms in total. The van der Waals surface area contributed by atoms with E-state index >= 15 is 0 Å². The maximum atomic E-state index is 13.6. The number of nitrogens with one attached hydrogen (secondary N) is 4.